The van der Waals surface area contributed by atoms with Crippen LogP contribution < -0.4 is 0 Å². The normalized spacial score (nSPS) is 11.4. The van der Waals surface area contributed by atoms with Crippen molar-refractivity contribution in [2.24, 2.45) is 0 Å². The SMILES string of the molecule is CC(=O)/C=C(\OB(F)F)c1ccc2ccccc2c1. The van der Waals surface area contributed by atoms with E-state index < -0.39 is 7.47 Å². The molecule has 0 aliphatic carbocycles. The van der Waals surface area contributed by atoms with Gasteiger partial charge in [0, 0.05) is 11.6 Å². The summed E-state index contributed by atoms with van der Waals surface area (Å²) in [6, 6.07) is 12.7. The summed E-state index contributed by atoms with van der Waals surface area (Å²) < 4.78 is 29.1. The Labute approximate surface area is 109 Å². The van der Waals surface area contributed by atoms with Gasteiger partial charge in [-0.15, -0.1) is 0 Å². The van der Waals surface area contributed by atoms with Crippen LogP contribution in [-0.4, -0.2) is 13.3 Å². The molecule has 0 atom stereocenters. The van der Waals surface area contributed by atoms with Crippen molar-refractivity contribution in [2.75, 3.05) is 0 Å². The molecule has 0 aliphatic rings. The van der Waals surface area contributed by atoms with Gasteiger partial charge in [0.2, 0.25) is 0 Å². The van der Waals surface area contributed by atoms with Gasteiger partial charge in [-0.25, -0.2) is 8.63 Å². The van der Waals surface area contributed by atoms with Crippen LogP contribution in [0.5, 0.6) is 0 Å². The van der Waals surface area contributed by atoms with Crippen LogP contribution in [-0.2, 0) is 9.45 Å². The summed E-state index contributed by atoms with van der Waals surface area (Å²) in [5.41, 5.74) is 0.453. The predicted molar refractivity (Wildman–Crippen MR) is 71.7 cm³/mol. The summed E-state index contributed by atoms with van der Waals surface area (Å²) >= 11 is 0. The van der Waals surface area contributed by atoms with E-state index in [1.807, 2.05) is 24.3 Å². The summed E-state index contributed by atoms with van der Waals surface area (Å²) in [5.74, 6) is -0.461. The summed E-state index contributed by atoms with van der Waals surface area (Å²) in [4.78, 5) is 11.1. The summed E-state index contributed by atoms with van der Waals surface area (Å²) in [7, 11) is -2.96. The largest absolute Gasteiger partial charge is 0.796 e. The number of hydrogen-bond donors (Lipinski definition) is 0. The molecule has 0 bridgehead atoms. The maximum absolute atomic E-state index is 12.4. The van der Waals surface area contributed by atoms with Crippen molar-refractivity contribution in [1.29, 1.82) is 0 Å². The molecule has 0 N–H and O–H groups in total. The molecule has 0 fully saturated rings. The van der Waals surface area contributed by atoms with E-state index in [-0.39, 0.29) is 11.5 Å². The molecule has 0 saturated heterocycles. The molecular weight excluding hydrogens is 249 g/mol. The second kappa shape index (κ2) is 5.65. The lowest BCUT2D eigenvalue weighted by atomic mass is 10.0. The molecule has 0 amide bonds. The highest BCUT2D eigenvalue weighted by Crippen LogP contribution is 2.23. The highest BCUT2D eigenvalue weighted by Gasteiger charge is 2.20. The Hall–Kier alpha value is -2.17. The molecule has 0 aliphatic heterocycles. The molecule has 0 spiro atoms. The van der Waals surface area contributed by atoms with Crippen LogP contribution in [0.25, 0.3) is 16.5 Å². The van der Waals surface area contributed by atoms with Crippen LogP contribution in [0.3, 0.4) is 0 Å². The number of hydrogen-bond acceptors (Lipinski definition) is 2. The first-order chi connectivity index (χ1) is 9.06. The van der Waals surface area contributed by atoms with Crippen molar-refractivity contribution in [3.8, 4) is 0 Å². The summed E-state index contributed by atoms with van der Waals surface area (Å²) in [6.45, 7) is 1.29. The van der Waals surface area contributed by atoms with E-state index in [4.69, 9.17) is 0 Å². The maximum atomic E-state index is 12.4. The second-order valence-electron chi connectivity index (χ2n) is 4.06. The lowest BCUT2D eigenvalue weighted by Crippen LogP contribution is -2.05. The van der Waals surface area contributed by atoms with Gasteiger partial charge in [-0.1, -0.05) is 36.4 Å². The lowest BCUT2D eigenvalue weighted by molar-refractivity contribution is -0.112. The molecule has 2 nitrogen and oxygen atoms in total. The Bertz CT molecular complexity index is 638. The van der Waals surface area contributed by atoms with E-state index >= 15 is 0 Å². The fourth-order valence-corrected chi connectivity index (χ4v) is 1.81. The van der Waals surface area contributed by atoms with Crippen molar-refractivity contribution in [1.82, 2.24) is 0 Å². The first-order valence-electron chi connectivity index (χ1n) is 5.72. The average Bonchev–Trinajstić information content (AvgIpc) is 2.36. The van der Waals surface area contributed by atoms with Gasteiger partial charge in [0.25, 0.3) is 0 Å². The van der Waals surface area contributed by atoms with Gasteiger partial charge in [-0.2, -0.15) is 0 Å². The quantitative estimate of drug-likeness (QED) is 0.476. The molecule has 2 aromatic carbocycles. The lowest BCUT2D eigenvalue weighted by Gasteiger charge is -2.09. The zero-order valence-electron chi connectivity index (χ0n) is 10.3. The van der Waals surface area contributed by atoms with E-state index in [1.165, 1.54) is 6.92 Å². The molecule has 96 valence electrons. The third-order valence-corrected chi connectivity index (χ3v) is 2.58. The van der Waals surface area contributed by atoms with Crippen LogP contribution in [0.2, 0.25) is 0 Å². The highest BCUT2D eigenvalue weighted by molar-refractivity contribution is 6.36. The van der Waals surface area contributed by atoms with Crippen molar-refractivity contribution in [3.05, 3.63) is 54.1 Å². The third-order valence-electron chi connectivity index (χ3n) is 2.58. The zero-order chi connectivity index (χ0) is 13.8. The number of fused-ring (bicyclic) bond motifs is 1. The molecule has 0 radical (unpaired) electrons. The van der Waals surface area contributed by atoms with Crippen LogP contribution >= 0.6 is 0 Å². The van der Waals surface area contributed by atoms with Crippen molar-refractivity contribution >= 4 is 29.8 Å². The van der Waals surface area contributed by atoms with Gasteiger partial charge in [-0.05, 0) is 23.8 Å². The highest BCUT2D eigenvalue weighted by atomic mass is 19.2. The molecule has 0 saturated carbocycles. The maximum Gasteiger partial charge on any atom is 0.796 e. The van der Waals surface area contributed by atoms with Gasteiger partial charge >= 0.3 is 7.47 Å². The predicted octanol–water partition coefficient (Wildman–Crippen LogP) is 3.71. The molecule has 2 rings (SSSR count). The molecule has 0 heterocycles. The second-order valence-corrected chi connectivity index (χ2v) is 4.06. The smallest absolute Gasteiger partial charge is 0.505 e. The van der Waals surface area contributed by atoms with E-state index in [1.54, 1.807) is 18.2 Å². The monoisotopic (exact) mass is 260 g/mol. The molecule has 0 unspecified atom stereocenters. The van der Waals surface area contributed by atoms with Gasteiger partial charge in [0.05, 0.1) is 0 Å². The van der Waals surface area contributed by atoms with Crippen LogP contribution in [0, 0.1) is 0 Å². The van der Waals surface area contributed by atoms with Crippen LogP contribution in [0.4, 0.5) is 8.63 Å². The molecule has 19 heavy (non-hydrogen) atoms. The topological polar surface area (TPSA) is 26.3 Å². The average molecular weight is 260 g/mol. The number of carbonyl (C=O) groups is 1. The van der Waals surface area contributed by atoms with E-state index in [9.17, 15) is 13.4 Å². The molecule has 2 aromatic rings. The Morgan fingerprint density at radius 1 is 1.16 bits per heavy atom. The van der Waals surface area contributed by atoms with Crippen LogP contribution in [0.15, 0.2) is 48.5 Å². The minimum atomic E-state index is -2.96. The van der Waals surface area contributed by atoms with Crippen molar-refractivity contribution < 1.29 is 18.1 Å². The van der Waals surface area contributed by atoms with Gasteiger partial charge in [-0.3, -0.25) is 4.79 Å². The Kier molecular flexibility index (Phi) is 3.95. The van der Waals surface area contributed by atoms with Gasteiger partial charge < -0.3 is 4.65 Å². The van der Waals surface area contributed by atoms with E-state index in [0.29, 0.717) is 5.56 Å². The molecule has 5 heteroatoms. The Balaban J connectivity index is 2.46. The summed E-state index contributed by atoms with van der Waals surface area (Å²) in [5, 5.41) is 1.89. The van der Waals surface area contributed by atoms with Gasteiger partial charge in [0.1, 0.15) is 5.76 Å². The number of halogens is 2. The van der Waals surface area contributed by atoms with Crippen molar-refractivity contribution in [2.45, 2.75) is 6.92 Å². The first kappa shape index (κ1) is 13.3. The minimum absolute atomic E-state index is 0.117. The zero-order valence-corrected chi connectivity index (χ0v) is 10.3. The minimum Gasteiger partial charge on any atom is -0.505 e. The first-order valence-corrected chi connectivity index (χ1v) is 5.72. The third kappa shape index (κ3) is 3.41. The standard InChI is InChI=1S/C14H11BF2O2/c1-10(18)8-14(19-15(16)17)13-7-6-11-4-2-3-5-12(11)9-13/h2-9H,1H3/b14-8-. The number of carbonyl (C=O) groups excluding carboxylic acids is 1. The number of ketones is 1. The van der Waals surface area contributed by atoms with E-state index in [2.05, 4.69) is 4.65 Å². The number of benzene rings is 2. The van der Waals surface area contributed by atoms with E-state index in [0.717, 1.165) is 16.8 Å². The van der Waals surface area contributed by atoms with Gasteiger partial charge in [0.15, 0.2) is 5.78 Å². The Morgan fingerprint density at radius 3 is 2.47 bits per heavy atom. The number of allylic oxidation sites excluding steroid dienone is 1. The molecule has 0 aromatic heterocycles. The number of rotatable bonds is 4. The molecular formula is C14H11BF2O2. The van der Waals surface area contributed by atoms with Crippen LogP contribution in [0.1, 0.15) is 12.5 Å². The van der Waals surface area contributed by atoms with Crippen molar-refractivity contribution in [3.63, 3.8) is 0 Å². The fourth-order valence-electron chi connectivity index (χ4n) is 1.81. The summed E-state index contributed by atoms with van der Waals surface area (Å²) in [6.07, 6.45) is 1.07. The Morgan fingerprint density at radius 2 is 1.84 bits per heavy atom. The fraction of sp³-hybridized carbons (Fsp3) is 0.0714.